The van der Waals surface area contributed by atoms with Gasteiger partial charge in [-0.3, -0.25) is 14.5 Å². The van der Waals surface area contributed by atoms with Crippen molar-refractivity contribution in [2.45, 2.75) is 13.0 Å². The van der Waals surface area contributed by atoms with Crippen LogP contribution in [-0.4, -0.2) is 54.7 Å². The third-order valence-corrected chi connectivity index (χ3v) is 3.78. The lowest BCUT2D eigenvalue weighted by Crippen LogP contribution is -2.49. The summed E-state index contributed by atoms with van der Waals surface area (Å²) in [5, 5.41) is 0. The van der Waals surface area contributed by atoms with Crippen LogP contribution in [0.2, 0.25) is 0 Å². The SMILES string of the molecule is CC(=O)c1cccc(C(C(N)=O)N2CCN(C)CC2)c1. The molecule has 1 unspecified atom stereocenters. The summed E-state index contributed by atoms with van der Waals surface area (Å²) in [4.78, 5) is 27.6. The molecule has 108 valence electrons. The first-order chi connectivity index (χ1) is 9.49. The molecular formula is C15H21N3O2. The highest BCUT2D eigenvalue weighted by Gasteiger charge is 2.28. The molecule has 1 aliphatic heterocycles. The maximum Gasteiger partial charge on any atom is 0.239 e. The number of hydrogen-bond donors (Lipinski definition) is 1. The zero-order chi connectivity index (χ0) is 14.7. The van der Waals surface area contributed by atoms with E-state index in [0.717, 1.165) is 31.7 Å². The zero-order valence-electron chi connectivity index (χ0n) is 12.0. The third kappa shape index (κ3) is 3.23. The Bertz CT molecular complexity index is 508. The predicted molar refractivity (Wildman–Crippen MR) is 77.5 cm³/mol. The first kappa shape index (κ1) is 14.7. The monoisotopic (exact) mass is 275 g/mol. The number of piperazine rings is 1. The van der Waals surface area contributed by atoms with E-state index in [0.29, 0.717) is 5.56 Å². The lowest BCUT2D eigenvalue weighted by atomic mass is 10.00. The number of primary amides is 1. The molecule has 1 aliphatic rings. The fourth-order valence-corrected chi connectivity index (χ4v) is 2.56. The number of ketones is 1. The number of nitrogens with zero attached hydrogens (tertiary/aromatic N) is 2. The number of likely N-dealkylation sites (N-methyl/N-ethyl adjacent to an activating group) is 1. The molecule has 1 heterocycles. The second-order valence-electron chi connectivity index (χ2n) is 5.33. The van der Waals surface area contributed by atoms with Crippen molar-refractivity contribution >= 4 is 11.7 Å². The van der Waals surface area contributed by atoms with Crippen LogP contribution in [-0.2, 0) is 4.79 Å². The van der Waals surface area contributed by atoms with E-state index >= 15 is 0 Å². The number of carbonyl (C=O) groups excluding carboxylic acids is 2. The molecular weight excluding hydrogens is 254 g/mol. The van der Waals surface area contributed by atoms with Crippen LogP contribution >= 0.6 is 0 Å². The number of nitrogens with two attached hydrogens (primary N) is 1. The molecule has 1 aromatic carbocycles. The molecule has 2 rings (SSSR count). The van der Waals surface area contributed by atoms with Gasteiger partial charge in [-0.2, -0.15) is 0 Å². The molecule has 0 spiro atoms. The summed E-state index contributed by atoms with van der Waals surface area (Å²) in [7, 11) is 2.06. The van der Waals surface area contributed by atoms with Crippen molar-refractivity contribution < 1.29 is 9.59 Å². The lowest BCUT2D eigenvalue weighted by Gasteiger charge is -2.36. The largest absolute Gasteiger partial charge is 0.368 e. The molecule has 0 radical (unpaired) electrons. The van der Waals surface area contributed by atoms with Crippen molar-refractivity contribution in [3.8, 4) is 0 Å². The molecule has 1 fully saturated rings. The maximum absolute atomic E-state index is 11.8. The first-order valence-corrected chi connectivity index (χ1v) is 6.82. The van der Waals surface area contributed by atoms with Crippen LogP contribution in [0.4, 0.5) is 0 Å². The molecule has 1 aromatic rings. The highest BCUT2D eigenvalue weighted by Crippen LogP contribution is 2.23. The van der Waals surface area contributed by atoms with Crippen LogP contribution < -0.4 is 5.73 Å². The van der Waals surface area contributed by atoms with Gasteiger partial charge in [0.2, 0.25) is 5.91 Å². The normalized spacial score (nSPS) is 18.7. The Morgan fingerprint density at radius 2 is 1.85 bits per heavy atom. The molecule has 0 bridgehead atoms. The fourth-order valence-electron chi connectivity index (χ4n) is 2.56. The molecule has 0 aromatic heterocycles. The van der Waals surface area contributed by atoms with E-state index in [9.17, 15) is 9.59 Å². The van der Waals surface area contributed by atoms with Crippen molar-refractivity contribution in [1.82, 2.24) is 9.80 Å². The van der Waals surface area contributed by atoms with Gasteiger partial charge in [0.25, 0.3) is 0 Å². The molecule has 1 saturated heterocycles. The third-order valence-electron chi connectivity index (χ3n) is 3.78. The van der Waals surface area contributed by atoms with Crippen molar-refractivity contribution in [1.29, 1.82) is 0 Å². The molecule has 5 heteroatoms. The minimum absolute atomic E-state index is 0.00607. The highest BCUT2D eigenvalue weighted by molar-refractivity contribution is 5.94. The predicted octanol–water partition coefficient (Wildman–Crippen LogP) is 0.663. The van der Waals surface area contributed by atoms with Gasteiger partial charge < -0.3 is 10.6 Å². The van der Waals surface area contributed by atoms with E-state index in [-0.39, 0.29) is 11.7 Å². The molecule has 2 N–H and O–H groups in total. The number of benzene rings is 1. The molecule has 20 heavy (non-hydrogen) atoms. The summed E-state index contributed by atoms with van der Waals surface area (Å²) < 4.78 is 0. The van der Waals surface area contributed by atoms with Crippen LogP contribution in [0.3, 0.4) is 0 Å². The second-order valence-corrected chi connectivity index (χ2v) is 5.33. The Hall–Kier alpha value is -1.72. The topological polar surface area (TPSA) is 66.6 Å². The zero-order valence-corrected chi connectivity index (χ0v) is 12.0. The summed E-state index contributed by atoms with van der Waals surface area (Å²) in [6, 6.07) is 6.74. The van der Waals surface area contributed by atoms with Gasteiger partial charge in [0.05, 0.1) is 0 Å². The van der Waals surface area contributed by atoms with Gasteiger partial charge in [0.1, 0.15) is 6.04 Å². The molecule has 1 amide bonds. The van der Waals surface area contributed by atoms with Crippen molar-refractivity contribution in [2.24, 2.45) is 5.73 Å². The van der Waals surface area contributed by atoms with E-state index in [2.05, 4.69) is 16.8 Å². The summed E-state index contributed by atoms with van der Waals surface area (Å²) in [6.07, 6.45) is 0. The van der Waals surface area contributed by atoms with Crippen LogP contribution in [0.25, 0.3) is 0 Å². The summed E-state index contributed by atoms with van der Waals surface area (Å²) in [5.41, 5.74) is 7.00. The molecule has 0 aliphatic carbocycles. The summed E-state index contributed by atoms with van der Waals surface area (Å²) in [6.45, 7) is 4.95. The Morgan fingerprint density at radius 1 is 1.20 bits per heavy atom. The minimum Gasteiger partial charge on any atom is -0.368 e. The van der Waals surface area contributed by atoms with Crippen LogP contribution in [0.5, 0.6) is 0 Å². The van der Waals surface area contributed by atoms with E-state index in [1.807, 2.05) is 6.07 Å². The Balaban J connectivity index is 2.26. The van der Waals surface area contributed by atoms with E-state index in [1.54, 1.807) is 18.2 Å². The second kappa shape index (κ2) is 6.15. The molecule has 1 atom stereocenters. The van der Waals surface area contributed by atoms with Crippen molar-refractivity contribution in [2.75, 3.05) is 33.2 Å². The standard InChI is InChI=1S/C15H21N3O2/c1-11(19)12-4-3-5-13(10-12)14(15(16)20)18-8-6-17(2)7-9-18/h3-5,10,14H,6-9H2,1-2H3,(H2,16,20). The average molecular weight is 275 g/mol. The van der Waals surface area contributed by atoms with Gasteiger partial charge in [-0.15, -0.1) is 0 Å². The van der Waals surface area contributed by atoms with Crippen LogP contribution in [0.15, 0.2) is 24.3 Å². The number of Topliss-reactive ketones (excluding diaryl/α,β-unsaturated/α-hetero) is 1. The Labute approximate surface area is 119 Å². The summed E-state index contributed by atoms with van der Waals surface area (Å²) in [5.74, 6) is -0.372. The van der Waals surface area contributed by atoms with E-state index in [1.165, 1.54) is 6.92 Å². The smallest absolute Gasteiger partial charge is 0.239 e. The van der Waals surface area contributed by atoms with Gasteiger partial charge in [-0.05, 0) is 25.6 Å². The number of hydrogen-bond acceptors (Lipinski definition) is 4. The highest BCUT2D eigenvalue weighted by atomic mass is 16.1. The molecule has 5 nitrogen and oxygen atoms in total. The number of rotatable bonds is 4. The average Bonchev–Trinajstić information content (AvgIpc) is 2.41. The van der Waals surface area contributed by atoms with Gasteiger partial charge in [0, 0.05) is 31.7 Å². The van der Waals surface area contributed by atoms with Crippen molar-refractivity contribution in [3.05, 3.63) is 35.4 Å². The summed E-state index contributed by atoms with van der Waals surface area (Å²) >= 11 is 0. The Morgan fingerprint density at radius 3 is 2.40 bits per heavy atom. The fraction of sp³-hybridized carbons (Fsp3) is 0.467. The molecule has 0 saturated carbocycles. The van der Waals surface area contributed by atoms with Gasteiger partial charge in [0.15, 0.2) is 5.78 Å². The van der Waals surface area contributed by atoms with Gasteiger partial charge in [-0.1, -0.05) is 18.2 Å². The van der Waals surface area contributed by atoms with Crippen molar-refractivity contribution in [3.63, 3.8) is 0 Å². The van der Waals surface area contributed by atoms with Gasteiger partial charge >= 0.3 is 0 Å². The van der Waals surface area contributed by atoms with E-state index in [4.69, 9.17) is 5.73 Å². The van der Waals surface area contributed by atoms with E-state index < -0.39 is 6.04 Å². The number of carbonyl (C=O) groups is 2. The number of amides is 1. The first-order valence-electron chi connectivity index (χ1n) is 6.82. The minimum atomic E-state index is -0.456. The quantitative estimate of drug-likeness (QED) is 0.820. The Kier molecular flexibility index (Phi) is 4.52. The van der Waals surface area contributed by atoms with Crippen LogP contribution in [0, 0.1) is 0 Å². The maximum atomic E-state index is 11.8. The lowest BCUT2D eigenvalue weighted by molar-refractivity contribution is -0.124. The van der Waals surface area contributed by atoms with Gasteiger partial charge in [-0.25, -0.2) is 0 Å². The van der Waals surface area contributed by atoms with Crippen LogP contribution in [0.1, 0.15) is 28.9 Å².